The number of carbonyl (C=O) groups excluding carboxylic acids is 1. The Labute approximate surface area is 138 Å². The lowest BCUT2D eigenvalue weighted by molar-refractivity contribution is 0.102. The molecule has 1 fully saturated rings. The summed E-state index contributed by atoms with van der Waals surface area (Å²) in [6.45, 7) is 0. The van der Waals surface area contributed by atoms with E-state index in [1.807, 2.05) is 0 Å². The summed E-state index contributed by atoms with van der Waals surface area (Å²) in [6, 6.07) is 4.40. The van der Waals surface area contributed by atoms with Gasteiger partial charge in [-0.1, -0.05) is 24.4 Å². The lowest BCUT2D eigenvalue weighted by atomic mass is 10.2. The number of benzene rings is 1. The van der Waals surface area contributed by atoms with Crippen molar-refractivity contribution in [2.24, 2.45) is 0 Å². The van der Waals surface area contributed by atoms with Gasteiger partial charge in [0.25, 0.3) is 5.91 Å². The van der Waals surface area contributed by atoms with E-state index in [4.69, 9.17) is 11.6 Å². The van der Waals surface area contributed by atoms with Gasteiger partial charge >= 0.3 is 0 Å². The van der Waals surface area contributed by atoms with Crippen LogP contribution in [0.3, 0.4) is 0 Å². The van der Waals surface area contributed by atoms with Crippen molar-refractivity contribution in [2.45, 2.75) is 31.7 Å². The fraction of sp³-hybridized carbons (Fsp3) is 0.312. The van der Waals surface area contributed by atoms with Gasteiger partial charge < -0.3 is 10.6 Å². The van der Waals surface area contributed by atoms with E-state index in [9.17, 15) is 9.18 Å². The molecule has 0 saturated heterocycles. The standard InChI is InChI=1S/C16H16ClFN4O/c17-13-7-12(5-6-14(13)18)21-15(23)10-8-19-16(20-9-10)22-11-3-1-2-4-11/h5-9,11H,1-4H2,(H,21,23)(H,19,20,22). The predicted octanol–water partition coefficient (Wildman–Crippen LogP) is 3.88. The van der Waals surface area contributed by atoms with E-state index in [1.165, 1.54) is 43.4 Å². The molecular weight excluding hydrogens is 319 g/mol. The van der Waals surface area contributed by atoms with E-state index in [1.54, 1.807) is 0 Å². The Bertz CT molecular complexity index is 702. The van der Waals surface area contributed by atoms with Gasteiger partial charge in [-0.05, 0) is 31.0 Å². The zero-order valence-corrected chi connectivity index (χ0v) is 13.1. The van der Waals surface area contributed by atoms with E-state index in [0.717, 1.165) is 12.8 Å². The van der Waals surface area contributed by atoms with E-state index < -0.39 is 5.82 Å². The highest BCUT2D eigenvalue weighted by Gasteiger charge is 2.16. The maximum Gasteiger partial charge on any atom is 0.258 e. The van der Waals surface area contributed by atoms with Crippen LogP contribution in [0.4, 0.5) is 16.0 Å². The number of anilines is 2. The highest BCUT2D eigenvalue weighted by Crippen LogP contribution is 2.21. The molecule has 5 nitrogen and oxygen atoms in total. The van der Waals surface area contributed by atoms with Crippen molar-refractivity contribution in [1.29, 1.82) is 0 Å². The number of halogens is 2. The van der Waals surface area contributed by atoms with Gasteiger partial charge in [-0.25, -0.2) is 14.4 Å². The summed E-state index contributed by atoms with van der Waals surface area (Å²) in [5.41, 5.74) is 0.733. The van der Waals surface area contributed by atoms with Crippen LogP contribution in [0.1, 0.15) is 36.0 Å². The summed E-state index contributed by atoms with van der Waals surface area (Å²) in [7, 11) is 0. The van der Waals surface area contributed by atoms with Crippen LogP contribution >= 0.6 is 11.6 Å². The molecule has 7 heteroatoms. The second kappa shape index (κ2) is 6.91. The molecule has 23 heavy (non-hydrogen) atoms. The lowest BCUT2D eigenvalue weighted by Gasteiger charge is -2.11. The maximum atomic E-state index is 13.1. The number of hydrogen-bond acceptors (Lipinski definition) is 4. The Morgan fingerprint density at radius 2 is 1.91 bits per heavy atom. The normalized spacial score (nSPS) is 14.7. The van der Waals surface area contributed by atoms with Gasteiger partial charge in [-0.3, -0.25) is 4.79 Å². The smallest absolute Gasteiger partial charge is 0.258 e. The van der Waals surface area contributed by atoms with Gasteiger partial charge in [-0.2, -0.15) is 0 Å². The molecule has 1 aliphatic carbocycles. The minimum Gasteiger partial charge on any atom is -0.351 e. The van der Waals surface area contributed by atoms with Crippen LogP contribution in [-0.2, 0) is 0 Å². The van der Waals surface area contributed by atoms with Crippen LogP contribution in [0.15, 0.2) is 30.6 Å². The van der Waals surface area contributed by atoms with Gasteiger partial charge in [0.2, 0.25) is 5.95 Å². The SMILES string of the molecule is O=C(Nc1ccc(F)c(Cl)c1)c1cnc(NC2CCCC2)nc1. The molecule has 2 N–H and O–H groups in total. The van der Waals surface area contributed by atoms with E-state index in [0.29, 0.717) is 23.2 Å². The molecule has 1 saturated carbocycles. The first-order valence-corrected chi connectivity index (χ1v) is 7.84. The highest BCUT2D eigenvalue weighted by molar-refractivity contribution is 6.31. The molecule has 120 valence electrons. The first kappa shape index (κ1) is 15.7. The first-order chi connectivity index (χ1) is 11.1. The average Bonchev–Trinajstić information content (AvgIpc) is 3.04. The molecule has 0 aliphatic heterocycles. The summed E-state index contributed by atoms with van der Waals surface area (Å²) in [5, 5.41) is 5.84. The average molecular weight is 335 g/mol. The van der Waals surface area contributed by atoms with Crippen molar-refractivity contribution in [3.05, 3.63) is 47.0 Å². The van der Waals surface area contributed by atoms with Crippen molar-refractivity contribution >= 4 is 29.1 Å². The largest absolute Gasteiger partial charge is 0.351 e. The third-order valence-corrected chi connectivity index (χ3v) is 4.07. The highest BCUT2D eigenvalue weighted by atomic mass is 35.5. The van der Waals surface area contributed by atoms with Crippen LogP contribution in [0, 0.1) is 5.82 Å². The number of carbonyl (C=O) groups is 1. The van der Waals surface area contributed by atoms with Gasteiger partial charge in [0.15, 0.2) is 0 Å². The second-order valence-electron chi connectivity index (χ2n) is 5.50. The molecule has 1 aromatic carbocycles. The van der Waals surface area contributed by atoms with Crippen molar-refractivity contribution in [1.82, 2.24) is 9.97 Å². The Balaban J connectivity index is 1.63. The number of amides is 1. The second-order valence-corrected chi connectivity index (χ2v) is 5.91. The number of nitrogens with one attached hydrogen (secondary N) is 2. The minimum atomic E-state index is -0.532. The first-order valence-electron chi connectivity index (χ1n) is 7.47. The summed E-state index contributed by atoms with van der Waals surface area (Å²) in [5.74, 6) is -0.381. The Morgan fingerprint density at radius 3 is 2.57 bits per heavy atom. The van der Waals surface area contributed by atoms with Crippen molar-refractivity contribution in [3.63, 3.8) is 0 Å². The third-order valence-electron chi connectivity index (χ3n) is 3.78. The third kappa shape index (κ3) is 3.96. The van der Waals surface area contributed by atoms with Gasteiger partial charge in [0, 0.05) is 24.1 Å². The molecule has 0 atom stereocenters. The van der Waals surface area contributed by atoms with Crippen LogP contribution < -0.4 is 10.6 Å². The topological polar surface area (TPSA) is 66.9 Å². The molecule has 1 aliphatic rings. The molecule has 0 radical (unpaired) electrons. The van der Waals surface area contributed by atoms with E-state index in [2.05, 4.69) is 20.6 Å². The zero-order valence-electron chi connectivity index (χ0n) is 12.4. The lowest BCUT2D eigenvalue weighted by Crippen LogP contribution is -2.18. The molecule has 1 amide bonds. The molecule has 0 unspecified atom stereocenters. The van der Waals surface area contributed by atoms with Gasteiger partial charge in [0.05, 0.1) is 10.6 Å². The fourth-order valence-electron chi connectivity index (χ4n) is 2.55. The Hall–Kier alpha value is -2.21. The molecule has 0 spiro atoms. The predicted molar refractivity (Wildman–Crippen MR) is 87.3 cm³/mol. The number of hydrogen-bond donors (Lipinski definition) is 2. The quantitative estimate of drug-likeness (QED) is 0.890. The molecule has 0 bridgehead atoms. The molecular formula is C16H16ClFN4O. The zero-order chi connectivity index (χ0) is 16.2. The van der Waals surface area contributed by atoms with Gasteiger partial charge in [0.1, 0.15) is 5.82 Å². The molecule has 3 rings (SSSR count). The van der Waals surface area contributed by atoms with Crippen LogP contribution in [0.25, 0.3) is 0 Å². The summed E-state index contributed by atoms with van der Waals surface area (Å²) >= 11 is 5.69. The van der Waals surface area contributed by atoms with Crippen molar-refractivity contribution in [2.75, 3.05) is 10.6 Å². The van der Waals surface area contributed by atoms with Crippen LogP contribution in [0.2, 0.25) is 5.02 Å². The monoisotopic (exact) mass is 334 g/mol. The van der Waals surface area contributed by atoms with Crippen LogP contribution in [-0.4, -0.2) is 21.9 Å². The number of rotatable bonds is 4. The maximum absolute atomic E-state index is 13.1. The van der Waals surface area contributed by atoms with Crippen molar-refractivity contribution in [3.8, 4) is 0 Å². The Morgan fingerprint density at radius 1 is 1.22 bits per heavy atom. The van der Waals surface area contributed by atoms with E-state index >= 15 is 0 Å². The van der Waals surface area contributed by atoms with Gasteiger partial charge in [-0.15, -0.1) is 0 Å². The fourth-order valence-corrected chi connectivity index (χ4v) is 2.73. The number of aromatic nitrogens is 2. The minimum absolute atomic E-state index is 0.0461. The van der Waals surface area contributed by atoms with Crippen molar-refractivity contribution < 1.29 is 9.18 Å². The molecule has 1 heterocycles. The molecule has 2 aromatic rings. The summed E-state index contributed by atoms with van der Waals surface area (Å²) in [4.78, 5) is 20.5. The van der Waals surface area contributed by atoms with Crippen LogP contribution in [0.5, 0.6) is 0 Å². The Kier molecular flexibility index (Phi) is 4.71. The number of nitrogens with zero attached hydrogens (tertiary/aromatic N) is 2. The summed E-state index contributed by atoms with van der Waals surface area (Å²) in [6.07, 6.45) is 7.61. The van der Waals surface area contributed by atoms with E-state index in [-0.39, 0.29) is 10.9 Å². The summed E-state index contributed by atoms with van der Waals surface area (Å²) < 4.78 is 13.1. The molecule has 1 aromatic heterocycles.